The third-order valence-corrected chi connectivity index (χ3v) is 2.14. The molecule has 0 aliphatic carbocycles. The van der Waals surface area contributed by atoms with E-state index in [1.54, 1.807) is 0 Å². The number of rotatable bonds is 0. The Morgan fingerprint density at radius 2 is 1.88 bits per heavy atom. The van der Waals surface area contributed by atoms with Gasteiger partial charge < -0.3 is 4.90 Å². The summed E-state index contributed by atoms with van der Waals surface area (Å²) < 4.78 is 0. The number of nitrogens with zero attached hydrogens (tertiary/aromatic N) is 1. The van der Waals surface area contributed by atoms with Gasteiger partial charge in [0, 0.05) is 5.25 Å². The molecule has 0 aromatic rings. The third kappa shape index (κ3) is 1.67. The lowest BCUT2D eigenvalue weighted by molar-refractivity contribution is 0.282. The van der Waals surface area contributed by atoms with Gasteiger partial charge in [-0.05, 0) is 33.0 Å². The van der Waals surface area contributed by atoms with Crippen LogP contribution in [-0.4, -0.2) is 30.3 Å². The van der Waals surface area contributed by atoms with Crippen molar-refractivity contribution >= 4 is 12.6 Å². The van der Waals surface area contributed by atoms with Gasteiger partial charge in [-0.3, -0.25) is 0 Å². The van der Waals surface area contributed by atoms with E-state index in [9.17, 15) is 0 Å². The van der Waals surface area contributed by atoms with E-state index in [4.69, 9.17) is 12.6 Å². The molecule has 0 spiro atoms. The summed E-state index contributed by atoms with van der Waals surface area (Å²) in [5, 5.41) is 0.561. The topological polar surface area (TPSA) is 3.24 Å². The van der Waals surface area contributed by atoms with Crippen molar-refractivity contribution in [1.29, 1.82) is 0 Å². The fourth-order valence-corrected chi connectivity index (χ4v) is 1.20. The van der Waals surface area contributed by atoms with E-state index in [-0.39, 0.29) is 0 Å². The van der Waals surface area contributed by atoms with Crippen LogP contribution in [-0.2, 0) is 0 Å². The second-order valence-corrected chi connectivity index (χ2v) is 3.17. The lowest BCUT2D eigenvalue weighted by Crippen LogP contribution is -2.30. The Bertz CT molecular complexity index is 56.9. The van der Waals surface area contributed by atoms with Gasteiger partial charge in [0.2, 0.25) is 0 Å². The minimum absolute atomic E-state index is 0.561. The van der Waals surface area contributed by atoms with E-state index >= 15 is 0 Å². The van der Waals surface area contributed by atoms with Gasteiger partial charge in [-0.1, -0.05) is 12.6 Å². The highest BCUT2D eigenvalue weighted by Crippen LogP contribution is 2.12. The van der Waals surface area contributed by atoms with Crippen molar-refractivity contribution in [1.82, 2.24) is 4.90 Å². The molecule has 1 aliphatic rings. The number of hydrogen-bond donors (Lipinski definition) is 0. The summed E-state index contributed by atoms with van der Waals surface area (Å²) >= 11 is 5.12. The summed E-state index contributed by atoms with van der Waals surface area (Å²) in [5.41, 5.74) is 0. The largest absolute Gasteiger partial charge is 0.306 e. The average molecular weight is 130 g/mol. The highest BCUT2D eigenvalue weighted by molar-refractivity contribution is 7.80. The molecular weight excluding hydrogens is 118 g/mol. The standard InChI is InChI=1S/C6H12NS/c1-7-4-2-6(8)3-5-7/h6H,2-5H2,1H3. The molecule has 0 aromatic heterocycles. The van der Waals surface area contributed by atoms with Crippen molar-refractivity contribution in [2.24, 2.45) is 0 Å². The van der Waals surface area contributed by atoms with Gasteiger partial charge in [-0.25, -0.2) is 0 Å². The van der Waals surface area contributed by atoms with Crippen LogP contribution in [0.25, 0.3) is 0 Å². The molecule has 0 N–H and O–H groups in total. The van der Waals surface area contributed by atoms with Gasteiger partial charge in [0.15, 0.2) is 0 Å². The molecule has 1 heterocycles. The second-order valence-electron chi connectivity index (χ2n) is 2.50. The van der Waals surface area contributed by atoms with Crippen molar-refractivity contribution in [2.75, 3.05) is 20.1 Å². The van der Waals surface area contributed by atoms with Crippen LogP contribution in [0.15, 0.2) is 0 Å². The zero-order valence-electron chi connectivity index (χ0n) is 5.26. The van der Waals surface area contributed by atoms with Crippen LogP contribution in [0.3, 0.4) is 0 Å². The highest BCUT2D eigenvalue weighted by atomic mass is 32.1. The summed E-state index contributed by atoms with van der Waals surface area (Å²) in [4.78, 5) is 2.34. The minimum Gasteiger partial charge on any atom is -0.306 e. The van der Waals surface area contributed by atoms with Crippen LogP contribution >= 0.6 is 12.6 Å². The maximum absolute atomic E-state index is 5.12. The Labute approximate surface area is 56.5 Å². The number of hydrogen-bond acceptors (Lipinski definition) is 1. The minimum atomic E-state index is 0.561. The molecule has 47 valence electrons. The van der Waals surface area contributed by atoms with Crippen molar-refractivity contribution in [3.8, 4) is 0 Å². The van der Waals surface area contributed by atoms with Gasteiger partial charge in [0.1, 0.15) is 0 Å². The molecule has 1 fully saturated rings. The van der Waals surface area contributed by atoms with E-state index in [1.807, 2.05) is 0 Å². The fourth-order valence-electron chi connectivity index (χ4n) is 0.985. The van der Waals surface area contributed by atoms with Crippen LogP contribution in [0.4, 0.5) is 0 Å². The molecule has 8 heavy (non-hydrogen) atoms. The van der Waals surface area contributed by atoms with Crippen LogP contribution in [0, 0.1) is 0 Å². The van der Waals surface area contributed by atoms with Crippen LogP contribution in [0.5, 0.6) is 0 Å². The van der Waals surface area contributed by atoms with Crippen molar-refractivity contribution < 1.29 is 0 Å². The molecule has 1 rings (SSSR count). The molecule has 1 aliphatic heterocycles. The number of likely N-dealkylation sites (tertiary alicyclic amines) is 1. The molecule has 0 bridgehead atoms. The molecule has 0 unspecified atom stereocenters. The van der Waals surface area contributed by atoms with Crippen molar-refractivity contribution in [3.63, 3.8) is 0 Å². The SMILES string of the molecule is CN1CCC([S])CC1. The van der Waals surface area contributed by atoms with Gasteiger partial charge >= 0.3 is 0 Å². The molecule has 0 amide bonds. The van der Waals surface area contributed by atoms with E-state index in [0.717, 1.165) is 0 Å². The lowest BCUT2D eigenvalue weighted by atomic mass is 10.1. The summed E-state index contributed by atoms with van der Waals surface area (Å²) in [7, 11) is 2.15. The second kappa shape index (κ2) is 2.74. The van der Waals surface area contributed by atoms with Gasteiger partial charge in [0.25, 0.3) is 0 Å². The molecule has 1 saturated heterocycles. The molecule has 0 atom stereocenters. The summed E-state index contributed by atoms with van der Waals surface area (Å²) in [6, 6.07) is 0. The summed E-state index contributed by atoms with van der Waals surface area (Å²) in [5.74, 6) is 0. The predicted molar refractivity (Wildman–Crippen MR) is 38.1 cm³/mol. The van der Waals surface area contributed by atoms with Crippen LogP contribution in [0.1, 0.15) is 12.8 Å². The van der Waals surface area contributed by atoms with Crippen molar-refractivity contribution in [3.05, 3.63) is 0 Å². The first-order valence-electron chi connectivity index (χ1n) is 3.13. The zero-order valence-corrected chi connectivity index (χ0v) is 6.08. The smallest absolute Gasteiger partial charge is 0.0175 e. The first-order chi connectivity index (χ1) is 3.79. The molecular formula is C6H12NS. The first-order valence-corrected chi connectivity index (χ1v) is 3.60. The summed E-state index contributed by atoms with van der Waals surface area (Å²) in [6.07, 6.45) is 2.43. The molecule has 0 saturated carbocycles. The number of piperidine rings is 1. The first kappa shape index (κ1) is 6.43. The Morgan fingerprint density at radius 3 is 2.25 bits per heavy atom. The van der Waals surface area contributed by atoms with E-state index in [0.29, 0.717) is 5.25 Å². The third-order valence-electron chi connectivity index (χ3n) is 1.67. The average Bonchev–Trinajstić information content (AvgIpc) is 1.77. The maximum atomic E-state index is 5.12. The maximum Gasteiger partial charge on any atom is 0.0175 e. The predicted octanol–water partition coefficient (Wildman–Crippen LogP) is 1.28. The fraction of sp³-hybridized carbons (Fsp3) is 1.00. The van der Waals surface area contributed by atoms with Crippen LogP contribution < -0.4 is 0 Å². The Kier molecular flexibility index (Phi) is 2.20. The highest BCUT2D eigenvalue weighted by Gasteiger charge is 2.12. The van der Waals surface area contributed by atoms with E-state index < -0.39 is 0 Å². The molecule has 2 heteroatoms. The Morgan fingerprint density at radius 1 is 1.38 bits per heavy atom. The normalized spacial score (nSPS) is 26.2. The molecule has 0 aromatic carbocycles. The monoisotopic (exact) mass is 130 g/mol. The van der Waals surface area contributed by atoms with E-state index in [2.05, 4.69) is 11.9 Å². The summed E-state index contributed by atoms with van der Waals surface area (Å²) in [6.45, 7) is 2.41. The zero-order chi connectivity index (χ0) is 5.98. The van der Waals surface area contributed by atoms with Gasteiger partial charge in [-0.2, -0.15) is 0 Å². The lowest BCUT2D eigenvalue weighted by Gasteiger charge is -2.24. The van der Waals surface area contributed by atoms with Gasteiger partial charge in [0.05, 0.1) is 0 Å². The Balaban J connectivity index is 2.19. The Hall–Kier alpha value is 0.310. The van der Waals surface area contributed by atoms with Gasteiger partial charge in [-0.15, -0.1) is 0 Å². The quantitative estimate of drug-likeness (QED) is 0.477. The van der Waals surface area contributed by atoms with E-state index in [1.165, 1.54) is 25.9 Å². The molecule has 1 nitrogen and oxygen atoms in total. The molecule has 1 radical (unpaired) electrons. The van der Waals surface area contributed by atoms with Crippen LogP contribution in [0.2, 0.25) is 0 Å². The van der Waals surface area contributed by atoms with Crippen molar-refractivity contribution in [2.45, 2.75) is 18.1 Å².